The first-order valence-electron chi connectivity index (χ1n) is 6.15. The Morgan fingerprint density at radius 3 is 3.12 bits per heavy atom. The minimum Gasteiger partial charge on any atom is -0.377 e. The van der Waals surface area contributed by atoms with Crippen LogP contribution in [0.15, 0.2) is 6.20 Å². The molecule has 0 radical (unpaired) electrons. The summed E-state index contributed by atoms with van der Waals surface area (Å²) < 4.78 is 7.55. The molecule has 1 fully saturated rings. The quantitative estimate of drug-likeness (QED) is 0.822. The topological polar surface area (TPSA) is 39.1 Å². The Balaban J connectivity index is 1.77. The fourth-order valence-electron chi connectivity index (χ4n) is 2.07. The number of nitrogens with one attached hydrogen (secondary N) is 1. The lowest BCUT2D eigenvalue weighted by molar-refractivity contribution is 0.110. The number of rotatable bonds is 5. The van der Waals surface area contributed by atoms with Gasteiger partial charge in [-0.2, -0.15) is 5.10 Å². The summed E-state index contributed by atoms with van der Waals surface area (Å²) in [5.74, 6) is 0. The molecule has 16 heavy (non-hydrogen) atoms. The van der Waals surface area contributed by atoms with Gasteiger partial charge in [0.1, 0.15) is 0 Å². The summed E-state index contributed by atoms with van der Waals surface area (Å²) in [5.41, 5.74) is 2.42. The third-order valence-corrected chi connectivity index (χ3v) is 3.08. The second-order valence-corrected chi connectivity index (χ2v) is 4.36. The molecule has 0 saturated carbocycles. The van der Waals surface area contributed by atoms with E-state index in [1.807, 2.05) is 4.68 Å². The van der Waals surface area contributed by atoms with Gasteiger partial charge in [-0.25, -0.2) is 0 Å². The summed E-state index contributed by atoms with van der Waals surface area (Å²) >= 11 is 0. The van der Waals surface area contributed by atoms with Gasteiger partial charge in [0, 0.05) is 38.0 Å². The van der Waals surface area contributed by atoms with Gasteiger partial charge in [-0.15, -0.1) is 0 Å². The zero-order chi connectivity index (χ0) is 11.4. The molecular formula is C12H21N3O. The van der Waals surface area contributed by atoms with E-state index in [0.29, 0.717) is 6.10 Å². The van der Waals surface area contributed by atoms with Crippen LogP contribution < -0.4 is 5.32 Å². The highest BCUT2D eigenvalue weighted by Gasteiger charge is 2.14. The average molecular weight is 223 g/mol. The molecule has 4 nitrogen and oxygen atoms in total. The zero-order valence-corrected chi connectivity index (χ0v) is 10.2. The molecule has 1 aliphatic heterocycles. The van der Waals surface area contributed by atoms with Crippen molar-refractivity contribution in [3.63, 3.8) is 0 Å². The van der Waals surface area contributed by atoms with E-state index in [1.165, 1.54) is 18.4 Å². The molecule has 1 aromatic heterocycles. The maximum Gasteiger partial charge on any atom is 0.0700 e. The smallest absolute Gasteiger partial charge is 0.0700 e. The molecule has 0 aromatic carbocycles. The van der Waals surface area contributed by atoms with E-state index in [4.69, 9.17) is 4.74 Å². The van der Waals surface area contributed by atoms with Gasteiger partial charge in [-0.1, -0.05) is 0 Å². The first kappa shape index (κ1) is 11.6. The van der Waals surface area contributed by atoms with Crippen LogP contribution in [0, 0.1) is 6.92 Å². The Kier molecular flexibility index (Phi) is 3.96. The summed E-state index contributed by atoms with van der Waals surface area (Å²) in [4.78, 5) is 0. The Labute approximate surface area is 97.0 Å². The maximum absolute atomic E-state index is 5.56. The molecular weight excluding hydrogens is 202 g/mol. The second-order valence-electron chi connectivity index (χ2n) is 4.36. The molecule has 1 atom stereocenters. The Hall–Kier alpha value is -0.870. The van der Waals surface area contributed by atoms with Crippen molar-refractivity contribution in [1.29, 1.82) is 0 Å². The third-order valence-electron chi connectivity index (χ3n) is 3.08. The summed E-state index contributed by atoms with van der Waals surface area (Å²) in [6, 6.07) is 0. The van der Waals surface area contributed by atoms with Crippen LogP contribution in [0.4, 0.5) is 0 Å². The fourth-order valence-corrected chi connectivity index (χ4v) is 2.07. The predicted molar refractivity (Wildman–Crippen MR) is 63.3 cm³/mol. The molecule has 4 heteroatoms. The SMILES string of the molecule is CCn1cc(CNC[C@H]2CCCO2)c(C)n1. The number of aromatic nitrogens is 2. The molecule has 2 rings (SSSR count). The van der Waals surface area contributed by atoms with E-state index in [-0.39, 0.29) is 0 Å². The van der Waals surface area contributed by atoms with Crippen molar-refractivity contribution >= 4 is 0 Å². The van der Waals surface area contributed by atoms with Crippen molar-refractivity contribution in [2.24, 2.45) is 0 Å². The van der Waals surface area contributed by atoms with Crippen molar-refractivity contribution in [2.75, 3.05) is 13.2 Å². The van der Waals surface area contributed by atoms with Crippen LogP contribution in [-0.2, 0) is 17.8 Å². The maximum atomic E-state index is 5.56. The summed E-state index contributed by atoms with van der Waals surface area (Å²) in [5, 5.41) is 7.87. The highest BCUT2D eigenvalue weighted by Crippen LogP contribution is 2.11. The van der Waals surface area contributed by atoms with Crippen molar-refractivity contribution in [3.8, 4) is 0 Å². The molecule has 0 amide bonds. The molecule has 0 aliphatic carbocycles. The fraction of sp³-hybridized carbons (Fsp3) is 0.750. The van der Waals surface area contributed by atoms with Crippen molar-refractivity contribution in [3.05, 3.63) is 17.5 Å². The van der Waals surface area contributed by atoms with Gasteiger partial charge < -0.3 is 10.1 Å². The van der Waals surface area contributed by atoms with Gasteiger partial charge in [0.2, 0.25) is 0 Å². The Morgan fingerprint density at radius 2 is 2.50 bits per heavy atom. The number of ether oxygens (including phenoxy) is 1. The van der Waals surface area contributed by atoms with Crippen LogP contribution in [0.1, 0.15) is 31.0 Å². The van der Waals surface area contributed by atoms with Crippen LogP contribution in [0.25, 0.3) is 0 Å². The standard InChI is InChI=1S/C12H21N3O/c1-3-15-9-11(10(2)14-15)7-13-8-12-5-4-6-16-12/h9,12-13H,3-8H2,1-2H3/t12-/m1/s1. The van der Waals surface area contributed by atoms with E-state index < -0.39 is 0 Å². The van der Waals surface area contributed by atoms with Gasteiger partial charge in [0.05, 0.1) is 11.8 Å². The van der Waals surface area contributed by atoms with E-state index >= 15 is 0 Å². The van der Waals surface area contributed by atoms with Crippen LogP contribution in [0.2, 0.25) is 0 Å². The highest BCUT2D eigenvalue weighted by molar-refractivity contribution is 5.14. The third kappa shape index (κ3) is 2.83. The molecule has 1 saturated heterocycles. The summed E-state index contributed by atoms with van der Waals surface area (Å²) in [6.45, 7) is 7.89. The zero-order valence-electron chi connectivity index (χ0n) is 10.2. The Morgan fingerprint density at radius 1 is 1.62 bits per heavy atom. The lowest BCUT2D eigenvalue weighted by Gasteiger charge is -2.09. The van der Waals surface area contributed by atoms with Gasteiger partial charge in [0.15, 0.2) is 0 Å². The van der Waals surface area contributed by atoms with Crippen LogP contribution in [-0.4, -0.2) is 29.0 Å². The van der Waals surface area contributed by atoms with Crippen molar-refractivity contribution < 1.29 is 4.74 Å². The average Bonchev–Trinajstić information content (AvgIpc) is 2.89. The summed E-state index contributed by atoms with van der Waals surface area (Å²) in [7, 11) is 0. The van der Waals surface area contributed by atoms with Gasteiger partial charge in [-0.3, -0.25) is 4.68 Å². The van der Waals surface area contributed by atoms with Gasteiger partial charge in [0.25, 0.3) is 0 Å². The molecule has 1 aromatic rings. The van der Waals surface area contributed by atoms with E-state index in [9.17, 15) is 0 Å². The second kappa shape index (κ2) is 5.46. The number of nitrogens with zero attached hydrogens (tertiary/aromatic N) is 2. The molecule has 0 unspecified atom stereocenters. The molecule has 90 valence electrons. The number of hydrogen-bond acceptors (Lipinski definition) is 3. The normalized spacial score (nSPS) is 20.5. The molecule has 1 aliphatic rings. The monoisotopic (exact) mass is 223 g/mol. The summed E-state index contributed by atoms with van der Waals surface area (Å²) in [6.07, 6.45) is 4.94. The van der Waals surface area contributed by atoms with Crippen LogP contribution >= 0.6 is 0 Å². The predicted octanol–water partition coefficient (Wildman–Crippen LogP) is 1.48. The molecule has 2 heterocycles. The lowest BCUT2D eigenvalue weighted by Crippen LogP contribution is -2.25. The molecule has 0 spiro atoms. The van der Waals surface area contributed by atoms with Crippen molar-refractivity contribution in [2.45, 2.75) is 45.9 Å². The highest BCUT2D eigenvalue weighted by atomic mass is 16.5. The molecule has 0 bridgehead atoms. The number of aryl methyl sites for hydroxylation is 2. The van der Waals surface area contributed by atoms with Crippen LogP contribution in [0.5, 0.6) is 0 Å². The van der Waals surface area contributed by atoms with Crippen molar-refractivity contribution in [1.82, 2.24) is 15.1 Å². The van der Waals surface area contributed by atoms with E-state index in [1.54, 1.807) is 0 Å². The first-order valence-corrected chi connectivity index (χ1v) is 6.15. The first-order chi connectivity index (χ1) is 7.79. The Bertz CT molecular complexity index is 329. The minimum atomic E-state index is 0.418. The lowest BCUT2D eigenvalue weighted by atomic mass is 10.2. The van der Waals surface area contributed by atoms with E-state index in [2.05, 4.69) is 30.5 Å². The van der Waals surface area contributed by atoms with E-state index in [0.717, 1.165) is 31.9 Å². The largest absolute Gasteiger partial charge is 0.377 e. The minimum absolute atomic E-state index is 0.418. The number of hydrogen-bond donors (Lipinski definition) is 1. The molecule has 1 N–H and O–H groups in total. The van der Waals surface area contributed by atoms with Crippen LogP contribution in [0.3, 0.4) is 0 Å². The van der Waals surface area contributed by atoms with Gasteiger partial charge >= 0.3 is 0 Å². The van der Waals surface area contributed by atoms with Gasteiger partial charge in [-0.05, 0) is 26.7 Å².